The first kappa shape index (κ1) is 10.5. The first-order valence-corrected chi connectivity index (χ1v) is 5.47. The molecule has 0 aliphatic carbocycles. The van der Waals surface area contributed by atoms with E-state index < -0.39 is 0 Å². The van der Waals surface area contributed by atoms with Crippen molar-refractivity contribution in [2.75, 3.05) is 13.2 Å². The van der Waals surface area contributed by atoms with E-state index in [1.807, 2.05) is 12.1 Å². The number of aliphatic hydroxyl groups is 1. The van der Waals surface area contributed by atoms with Crippen molar-refractivity contribution in [1.29, 1.82) is 0 Å². The fraction of sp³-hybridized carbons (Fsp3) is 0.500. The lowest BCUT2D eigenvalue weighted by atomic mass is 10.0. The molecule has 0 saturated carbocycles. The van der Waals surface area contributed by atoms with Crippen LogP contribution in [0.5, 0.6) is 5.75 Å². The van der Waals surface area contributed by atoms with E-state index in [4.69, 9.17) is 5.11 Å². The van der Waals surface area contributed by atoms with E-state index >= 15 is 0 Å². The van der Waals surface area contributed by atoms with Crippen molar-refractivity contribution in [1.82, 2.24) is 5.32 Å². The summed E-state index contributed by atoms with van der Waals surface area (Å²) >= 11 is 0. The van der Waals surface area contributed by atoms with Crippen LogP contribution >= 0.6 is 0 Å². The number of nitrogens with one attached hydrogen (secondary N) is 1. The highest BCUT2D eigenvalue weighted by Crippen LogP contribution is 2.30. The molecule has 1 aliphatic heterocycles. The molecule has 1 fully saturated rings. The Bertz CT molecular complexity index is 332. The first-order valence-electron chi connectivity index (χ1n) is 5.47. The second kappa shape index (κ2) is 4.64. The maximum Gasteiger partial charge on any atom is 0.120 e. The van der Waals surface area contributed by atoms with Crippen LogP contribution in [0.4, 0.5) is 0 Å². The van der Waals surface area contributed by atoms with E-state index in [1.165, 1.54) is 0 Å². The Morgan fingerprint density at radius 3 is 2.93 bits per heavy atom. The van der Waals surface area contributed by atoms with Gasteiger partial charge in [0.1, 0.15) is 5.75 Å². The molecule has 15 heavy (non-hydrogen) atoms. The predicted molar refractivity (Wildman–Crippen MR) is 58.9 cm³/mol. The highest BCUT2D eigenvalue weighted by Gasteiger charge is 2.19. The molecule has 3 heteroatoms. The average Bonchev–Trinajstić information content (AvgIpc) is 2.74. The predicted octanol–water partition coefficient (Wildman–Crippen LogP) is 1.35. The molecule has 2 rings (SSSR count). The van der Waals surface area contributed by atoms with E-state index in [1.54, 1.807) is 6.07 Å². The van der Waals surface area contributed by atoms with Gasteiger partial charge in [0.25, 0.3) is 0 Å². The van der Waals surface area contributed by atoms with Gasteiger partial charge in [-0.3, -0.25) is 0 Å². The molecule has 1 aliphatic rings. The number of phenols is 1. The summed E-state index contributed by atoms with van der Waals surface area (Å²) in [6.07, 6.45) is 2.89. The van der Waals surface area contributed by atoms with Gasteiger partial charge < -0.3 is 15.5 Å². The van der Waals surface area contributed by atoms with Gasteiger partial charge in [-0.2, -0.15) is 0 Å². The molecule has 82 valence electrons. The number of phenolic OH excluding ortho intramolecular Hbond substituents is 1. The van der Waals surface area contributed by atoms with Gasteiger partial charge in [-0.1, -0.05) is 12.1 Å². The number of hydrogen-bond acceptors (Lipinski definition) is 3. The SMILES string of the molecule is OCCc1ccc(O)c([C@@H]2CCCN2)c1. The lowest BCUT2D eigenvalue weighted by Gasteiger charge is -2.13. The molecule has 0 radical (unpaired) electrons. The van der Waals surface area contributed by atoms with E-state index in [9.17, 15) is 5.11 Å². The summed E-state index contributed by atoms with van der Waals surface area (Å²) in [4.78, 5) is 0. The Hall–Kier alpha value is -1.06. The van der Waals surface area contributed by atoms with E-state index in [-0.39, 0.29) is 12.6 Å². The van der Waals surface area contributed by atoms with Crippen LogP contribution in [0.1, 0.15) is 30.0 Å². The maximum atomic E-state index is 9.76. The normalized spacial score (nSPS) is 20.7. The fourth-order valence-corrected chi connectivity index (χ4v) is 2.12. The summed E-state index contributed by atoms with van der Waals surface area (Å²) in [5.41, 5.74) is 2.05. The fourth-order valence-electron chi connectivity index (χ4n) is 2.12. The molecule has 0 spiro atoms. The van der Waals surface area contributed by atoms with E-state index in [0.29, 0.717) is 12.2 Å². The lowest BCUT2D eigenvalue weighted by molar-refractivity contribution is 0.299. The molecule has 0 unspecified atom stereocenters. The lowest BCUT2D eigenvalue weighted by Crippen LogP contribution is -2.13. The van der Waals surface area contributed by atoms with Gasteiger partial charge in [0.05, 0.1) is 0 Å². The van der Waals surface area contributed by atoms with Crippen molar-refractivity contribution < 1.29 is 10.2 Å². The molecule has 1 saturated heterocycles. The van der Waals surface area contributed by atoms with Crippen molar-refractivity contribution in [3.05, 3.63) is 29.3 Å². The van der Waals surface area contributed by atoms with Crippen molar-refractivity contribution >= 4 is 0 Å². The molecule has 1 heterocycles. The molecule has 0 aromatic heterocycles. The minimum atomic E-state index is 0.155. The maximum absolute atomic E-state index is 9.76. The van der Waals surface area contributed by atoms with Crippen LogP contribution in [0.15, 0.2) is 18.2 Å². The summed E-state index contributed by atoms with van der Waals surface area (Å²) in [6, 6.07) is 5.86. The first-order chi connectivity index (χ1) is 7.31. The van der Waals surface area contributed by atoms with Crippen LogP contribution in [-0.2, 0) is 6.42 Å². The molecule has 0 bridgehead atoms. The molecular weight excluding hydrogens is 190 g/mol. The molecule has 3 N–H and O–H groups in total. The van der Waals surface area contributed by atoms with Crippen molar-refractivity contribution in [2.45, 2.75) is 25.3 Å². The average molecular weight is 207 g/mol. The molecule has 3 nitrogen and oxygen atoms in total. The largest absolute Gasteiger partial charge is 0.508 e. The zero-order valence-electron chi connectivity index (χ0n) is 8.74. The molecule has 1 aromatic rings. The van der Waals surface area contributed by atoms with Crippen LogP contribution in [0, 0.1) is 0 Å². The zero-order chi connectivity index (χ0) is 10.7. The molecule has 1 aromatic carbocycles. The highest BCUT2D eigenvalue weighted by molar-refractivity contribution is 5.38. The van der Waals surface area contributed by atoms with Crippen molar-refractivity contribution in [2.24, 2.45) is 0 Å². The Morgan fingerprint density at radius 2 is 2.27 bits per heavy atom. The van der Waals surface area contributed by atoms with Gasteiger partial charge in [0.15, 0.2) is 0 Å². The Balaban J connectivity index is 2.23. The number of hydrogen-bond donors (Lipinski definition) is 3. The van der Waals surface area contributed by atoms with Gasteiger partial charge in [-0.25, -0.2) is 0 Å². The summed E-state index contributed by atoms with van der Waals surface area (Å²) < 4.78 is 0. The minimum Gasteiger partial charge on any atom is -0.508 e. The van der Waals surface area contributed by atoms with Gasteiger partial charge in [-0.05, 0) is 37.4 Å². The molecule has 0 amide bonds. The Morgan fingerprint density at radius 1 is 1.40 bits per heavy atom. The van der Waals surface area contributed by atoms with Gasteiger partial charge in [0, 0.05) is 18.2 Å². The summed E-state index contributed by atoms with van der Waals surface area (Å²) in [5, 5.41) is 22.0. The Labute approximate surface area is 89.8 Å². The van der Waals surface area contributed by atoms with Crippen LogP contribution in [0.2, 0.25) is 0 Å². The van der Waals surface area contributed by atoms with E-state index in [0.717, 1.165) is 30.5 Å². The van der Waals surface area contributed by atoms with Gasteiger partial charge >= 0.3 is 0 Å². The van der Waals surface area contributed by atoms with E-state index in [2.05, 4.69) is 5.32 Å². The van der Waals surface area contributed by atoms with Gasteiger partial charge in [-0.15, -0.1) is 0 Å². The summed E-state index contributed by atoms with van der Waals surface area (Å²) in [7, 11) is 0. The molecule has 1 atom stereocenters. The number of aliphatic hydroxyl groups excluding tert-OH is 1. The Kier molecular flexibility index (Phi) is 3.23. The number of rotatable bonds is 3. The standard InChI is InChI=1S/C12H17NO2/c14-7-5-9-3-4-12(15)10(8-9)11-2-1-6-13-11/h3-4,8,11,13-15H,1-2,5-7H2/t11-/m0/s1. The van der Waals surface area contributed by atoms with Crippen molar-refractivity contribution in [3.63, 3.8) is 0 Å². The zero-order valence-corrected chi connectivity index (χ0v) is 8.74. The van der Waals surface area contributed by atoms with Crippen molar-refractivity contribution in [3.8, 4) is 5.75 Å². The topological polar surface area (TPSA) is 52.5 Å². The highest BCUT2D eigenvalue weighted by atomic mass is 16.3. The number of benzene rings is 1. The molecular formula is C12H17NO2. The van der Waals surface area contributed by atoms with Gasteiger partial charge in [0.2, 0.25) is 0 Å². The second-order valence-corrected chi connectivity index (χ2v) is 4.02. The summed E-state index contributed by atoms with van der Waals surface area (Å²) in [5.74, 6) is 0.357. The summed E-state index contributed by atoms with van der Waals surface area (Å²) in [6.45, 7) is 1.18. The number of aromatic hydroxyl groups is 1. The third-order valence-corrected chi connectivity index (χ3v) is 2.93. The van der Waals surface area contributed by atoms with Crippen LogP contribution in [0.3, 0.4) is 0 Å². The minimum absolute atomic E-state index is 0.155. The second-order valence-electron chi connectivity index (χ2n) is 4.02. The third-order valence-electron chi connectivity index (χ3n) is 2.93. The van der Waals surface area contributed by atoms with Crippen LogP contribution in [0.25, 0.3) is 0 Å². The quantitative estimate of drug-likeness (QED) is 0.701. The van der Waals surface area contributed by atoms with Crippen LogP contribution < -0.4 is 5.32 Å². The monoisotopic (exact) mass is 207 g/mol. The third kappa shape index (κ3) is 2.30. The smallest absolute Gasteiger partial charge is 0.120 e. The van der Waals surface area contributed by atoms with Crippen LogP contribution in [-0.4, -0.2) is 23.4 Å².